The van der Waals surface area contributed by atoms with Gasteiger partial charge in [-0.1, -0.05) is 23.2 Å². The molecule has 0 atom stereocenters. The monoisotopic (exact) mass is 205 g/mol. The van der Waals surface area contributed by atoms with Gasteiger partial charge in [-0.25, -0.2) is 0 Å². The number of halogens is 3. The largest absolute Gasteiger partial charge is 0.325 e. The lowest BCUT2D eigenvalue weighted by Gasteiger charge is -2.16. The van der Waals surface area contributed by atoms with E-state index in [2.05, 4.69) is 0 Å². The van der Waals surface area contributed by atoms with Gasteiger partial charge in [-0.15, -0.1) is 0 Å². The second-order valence-corrected chi connectivity index (χ2v) is 3.30. The van der Waals surface area contributed by atoms with E-state index in [4.69, 9.17) is 17.3 Å². The fourth-order valence-electron chi connectivity index (χ4n) is 1.03. The zero-order valence-electron chi connectivity index (χ0n) is 7.15. The molecule has 0 aliphatic carbocycles. The molecule has 0 amide bonds. The van der Waals surface area contributed by atoms with Gasteiger partial charge in [-0.2, -0.15) is 8.78 Å². The van der Waals surface area contributed by atoms with Gasteiger partial charge in [0.05, 0.1) is 6.54 Å². The first-order chi connectivity index (χ1) is 5.97. The normalized spacial score (nSPS) is 11.8. The number of hydrogen-bond donors (Lipinski definition) is 1. The second kappa shape index (κ2) is 3.60. The molecule has 0 bridgehead atoms. The van der Waals surface area contributed by atoms with Gasteiger partial charge in [0.25, 0.3) is 5.92 Å². The number of rotatable bonds is 2. The Kier molecular flexibility index (Phi) is 2.88. The molecule has 0 spiro atoms. The van der Waals surface area contributed by atoms with E-state index in [9.17, 15) is 8.78 Å². The molecule has 1 rings (SSSR count). The molecule has 0 aromatic heterocycles. The zero-order chi connectivity index (χ0) is 10.1. The Bertz CT molecular complexity index is 312. The van der Waals surface area contributed by atoms with Crippen LogP contribution in [0.25, 0.3) is 0 Å². The Morgan fingerprint density at radius 3 is 2.62 bits per heavy atom. The van der Waals surface area contributed by atoms with E-state index < -0.39 is 12.5 Å². The summed E-state index contributed by atoms with van der Waals surface area (Å²) in [5.41, 5.74) is 5.49. The molecule has 4 heteroatoms. The highest BCUT2D eigenvalue weighted by Crippen LogP contribution is 2.32. The van der Waals surface area contributed by atoms with Crippen molar-refractivity contribution in [2.24, 2.45) is 5.73 Å². The fraction of sp³-hybridized carbons (Fsp3) is 0.333. The van der Waals surface area contributed by atoms with Gasteiger partial charge in [-0.05, 0) is 19.1 Å². The van der Waals surface area contributed by atoms with Crippen LogP contribution < -0.4 is 5.73 Å². The average Bonchev–Trinajstić information content (AvgIpc) is 2.09. The number of nitrogens with two attached hydrogens (primary N) is 1. The fourth-order valence-corrected chi connectivity index (χ4v) is 1.29. The topological polar surface area (TPSA) is 26.0 Å². The number of benzene rings is 1. The predicted molar refractivity (Wildman–Crippen MR) is 49.1 cm³/mol. The van der Waals surface area contributed by atoms with Crippen molar-refractivity contribution in [2.75, 3.05) is 6.54 Å². The van der Waals surface area contributed by atoms with Crippen LogP contribution in [-0.4, -0.2) is 6.54 Å². The molecule has 72 valence electrons. The van der Waals surface area contributed by atoms with Gasteiger partial charge < -0.3 is 5.73 Å². The molecular formula is C9H10ClF2N. The highest BCUT2D eigenvalue weighted by atomic mass is 35.5. The number of hydrogen-bond acceptors (Lipinski definition) is 1. The summed E-state index contributed by atoms with van der Waals surface area (Å²) in [4.78, 5) is 0. The molecule has 0 fully saturated rings. The van der Waals surface area contributed by atoms with Crippen molar-refractivity contribution in [1.29, 1.82) is 0 Å². The van der Waals surface area contributed by atoms with Crippen LogP contribution >= 0.6 is 11.6 Å². The van der Waals surface area contributed by atoms with Gasteiger partial charge >= 0.3 is 0 Å². The SMILES string of the molecule is Cc1ccc(Cl)c(C(F)(F)CN)c1. The van der Waals surface area contributed by atoms with E-state index in [-0.39, 0.29) is 10.6 Å². The third kappa shape index (κ3) is 2.17. The molecule has 0 radical (unpaired) electrons. The van der Waals surface area contributed by atoms with E-state index in [1.165, 1.54) is 12.1 Å². The summed E-state index contributed by atoms with van der Waals surface area (Å²) >= 11 is 5.62. The van der Waals surface area contributed by atoms with Gasteiger partial charge in [0.15, 0.2) is 0 Å². The van der Waals surface area contributed by atoms with Gasteiger partial charge in [0, 0.05) is 10.6 Å². The summed E-state index contributed by atoms with van der Waals surface area (Å²) in [6.45, 7) is 1.00. The third-order valence-electron chi connectivity index (χ3n) is 1.77. The first-order valence-electron chi connectivity index (χ1n) is 3.82. The molecule has 0 unspecified atom stereocenters. The maximum Gasteiger partial charge on any atom is 0.286 e. The Balaban J connectivity index is 3.20. The summed E-state index contributed by atoms with van der Waals surface area (Å²) in [5, 5.41) is 0.0565. The van der Waals surface area contributed by atoms with Crippen molar-refractivity contribution < 1.29 is 8.78 Å². The van der Waals surface area contributed by atoms with Crippen molar-refractivity contribution >= 4 is 11.6 Å². The van der Waals surface area contributed by atoms with Crippen molar-refractivity contribution in [3.8, 4) is 0 Å². The standard InChI is InChI=1S/C9H10ClF2N/c1-6-2-3-8(10)7(4-6)9(11,12)5-13/h2-4H,5,13H2,1H3. The van der Waals surface area contributed by atoms with Crippen LogP contribution in [0.1, 0.15) is 11.1 Å². The summed E-state index contributed by atoms with van der Waals surface area (Å²) in [6, 6.07) is 4.49. The maximum absolute atomic E-state index is 13.1. The number of alkyl halides is 2. The van der Waals surface area contributed by atoms with Crippen LogP contribution in [-0.2, 0) is 5.92 Å². The zero-order valence-corrected chi connectivity index (χ0v) is 7.91. The van der Waals surface area contributed by atoms with E-state index in [1.807, 2.05) is 0 Å². The maximum atomic E-state index is 13.1. The first-order valence-corrected chi connectivity index (χ1v) is 4.19. The predicted octanol–water partition coefficient (Wildman–Crippen LogP) is 2.70. The minimum atomic E-state index is -3.04. The lowest BCUT2D eigenvalue weighted by molar-refractivity contribution is 0.00601. The van der Waals surface area contributed by atoms with Crippen molar-refractivity contribution in [3.05, 3.63) is 34.3 Å². The lowest BCUT2D eigenvalue weighted by atomic mass is 10.1. The molecule has 1 aromatic carbocycles. The van der Waals surface area contributed by atoms with E-state index in [0.717, 1.165) is 5.56 Å². The van der Waals surface area contributed by atoms with E-state index in [1.54, 1.807) is 13.0 Å². The number of aryl methyl sites for hydroxylation is 1. The van der Waals surface area contributed by atoms with E-state index >= 15 is 0 Å². The minimum Gasteiger partial charge on any atom is -0.325 e. The Morgan fingerprint density at radius 2 is 2.08 bits per heavy atom. The summed E-state index contributed by atoms with van der Waals surface area (Å²) < 4.78 is 26.2. The van der Waals surface area contributed by atoms with Crippen molar-refractivity contribution in [1.82, 2.24) is 0 Å². The van der Waals surface area contributed by atoms with Gasteiger partial charge in [0.1, 0.15) is 0 Å². The summed E-state index contributed by atoms with van der Waals surface area (Å²) in [7, 11) is 0. The molecule has 0 heterocycles. The summed E-state index contributed by atoms with van der Waals surface area (Å²) in [6.07, 6.45) is 0. The highest BCUT2D eigenvalue weighted by Gasteiger charge is 2.31. The van der Waals surface area contributed by atoms with Crippen LogP contribution in [0.2, 0.25) is 5.02 Å². The molecule has 0 aliphatic heterocycles. The molecule has 0 saturated carbocycles. The second-order valence-electron chi connectivity index (χ2n) is 2.89. The Hall–Kier alpha value is -0.670. The quantitative estimate of drug-likeness (QED) is 0.790. The average molecular weight is 206 g/mol. The Labute approximate surface area is 80.5 Å². The molecule has 13 heavy (non-hydrogen) atoms. The van der Waals surface area contributed by atoms with Crippen LogP contribution in [0.4, 0.5) is 8.78 Å². The van der Waals surface area contributed by atoms with Gasteiger partial charge in [0.2, 0.25) is 0 Å². The highest BCUT2D eigenvalue weighted by molar-refractivity contribution is 6.31. The minimum absolute atomic E-state index is 0.0565. The van der Waals surface area contributed by atoms with Crippen molar-refractivity contribution in [2.45, 2.75) is 12.8 Å². The van der Waals surface area contributed by atoms with Crippen LogP contribution in [0.3, 0.4) is 0 Å². The molecule has 1 aromatic rings. The molecule has 0 saturated heterocycles. The van der Waals surface area contributed by atoms with Crippen molar-refractivity contribution in [3.63, 3.8) is 0 Å². The molecule has 1 nitrogen and oxygen atoms in total. The summed E-state index contributed by atoms with van der Waals surface area (Å²) in [5.74, 6) is -3.04. The van der Waals surface area contributed by atoms with Crippen LogP contribution in [0, 0.1) is 6.92 Å². The third-order valence-corrected chi connectivity index (χ3v) is 2.10. The molecular weight excluding hydrogens is 196 g/mol. The van der Waals surface area contributed by atoms with Crippen LogP contribution in [0.5, 0.6) is 0 Å². The Morgan fingerprint density at radius 1 is 1.46 bits per heavy atom. The van der Waals surface area contributed by atoms with Gasteiger partial charge in [-0.3, -0.25) is 0 Å². The van der Waals surface area contributed by atoms with E-state index in [0.29, 0.717) is 0 Å². The molecule has 0 aliphatic rings. The first kappa shape index (κ1) is 10.4. The lowest BCUT2D eigenvalue weighted by Crippen LogP contribution is -2.25. The smallest absolute Gasteiger partial charge is 0.286 e. The van der Waals surface area contributed by atoms with Crippen LogP contribution in [0.15, 0.2) is 18.2 Å². The molecule has 2 N–H and O–H groups in total.